The van der Waals surface area contributed by atoms with Crippen molar-refractivity contribution < 1.29 is 28.7 Å². The SMILES string of the molecule is COC(=O)c1cc(C(=O)OC)cc(N2C(=O)CC(N3CCc4c([nH]c5ccc(Cl)cc45)C3C)C2=O)c1. The lowest BCUT2D eigenvalue weighted by molar-refractivity contribution is -0.123. The van der Waals surface area contributed by atoms with E-state index < -0.39 is 29.8 Å². The third-order valence-electron chi connectivity index (χ3n) is 6.98. The van der Waals surface area contributed by atoms with Gasteiger partial charge in [-0.3, -0.25) is 14.5 Å². The summed E-state index contributed by atoms with van der Waals surface area (Å²) in [7, 11) is 2.41. The van der Waals surface area contributed by atoms with Crippen LogP contribution in [0.15, 0.2) is 36.4 Å². The Morgan fingerprint density at radius 2 is 1.69 bits per heavy atom. The molecule has 9 nitrogen and oxygen atoms in total. The second kappa shape index (κ2) is 9.07. The standard InChI is InChI=1S/C26H24ClN3O6/c1-13-23-18(19-11-16(27)4-5-20(19)28-23)6-7-29(13)21-12-22(31)30(24(21)32)17-9-14(25(33)35-2)8-15(10-17)26(34)36-3/h4-5,8-11,13,21,28H,6-7,12H2,1-3H3. The summed E-state index contributed by atoms with van der Waals surface area (Å²) in [4.78, 5) is 57.6. The molecule has 2 aliphatic heterocycles. The highest BCUT2D eigenvalue weighted by molar-refractivity contribution is 6.31. The Balaban J connectivity index is 1.48. The molecule has 2 aliphatic rings. The van der Waals surface area contributed by atoms with E-state index in [1.54, 1.807) is 0 Å². The van der Waals surface area contributed by atoms with Gasteiger partial charge in [0.25, 0.3) is 5.91 Å². The fraction of sp³-hybridized carbons (Fsp3) is 0.308. The van der Waals surface area contributed by atoms with Crippen LogP contribution in [0.5, 0.6) is 0 Å². The number of H-pyrrole nitrogens is 1. The van der Waals surface area contributed by atoms with Crippen LogP contribution in [0.25, 0.3) is 10.9 Å². The molecule has 2 unspecified atom stereocenters. The van der Waals surface area contributed by atoms with E-state index in [9.17, 15) is 19.2 Å². The molecule has 1 aromatic heterocycles. The summed E-state index contributed by atoms with van der Waals surface area (Å²) in [6.45, 7) is 2.59. The maximum atomic E-state index is 13.6. The first-order valence-corrected chi connectivity index (χ1v) is 11.9. The largest absolute Gasteiger partial charge is 0.465 e. The maximum Gasteiger partial charge on any atom is 0.337 e. The summed E-state index contributed by atoms with van der Waals surface area (Å²) >= 11 is 6.21. The van der Waals surface area contributed by atoms with Crippen molar-refractivity contribution in [1.82, 2.24) is 9.88 Å². The van der Waals surface area contributed by atoms with Crippen LogP contribution < -0.4 is 4.90 Å². The zero-order chi connectivity index (χ0) is 25.7. The number of benzene rings is 2. The van der Waals surface area contributed by atoms with Gasteiger partial charge in [-0.05, 0) is 55.3 Å². The van der Waals surface area contributed by atoms with Crippen LogP contribution >= 0.6 is 11.6 Å². The monoisotopic (exact) mass is 509 g/mol. The molecular formula is C26H24ClN3O6. The Kier molecular flexibility index (Phi) is 6.05. The smallest absolute Gasteiger partial charge is 0.337 e. The number of nitrogens with zero attached hydrogens (tertiary/aromatic N) is 2. The number of rotatable bonds is 4. The van der Waals surface area contributed by atoms with Crippen molar-refractivity contribution in [3.05, 3.63) is 63.8 Å². The van der Waals surface area contributed by atoms with E-state index in [0.29, 0.717) is 18.0 Å². The quantitative estimate of drug-likeness (QED) is 0.422. The lowest BCUT2D eigenvalue weighted by atomic mass is 9.96. The van der Waals surface area contributed by atoms with Crippen molar-refractivity contribution in [2.45, 2.75) is 31.8 Å². The minimum atomic E-state index is -0.700. The van der Waals surface area contributed by atoms with Gasteiger partial charge < -0.3 is 14.5 Å². The van der Waals surface area contributed by atoms with E-state index in [1.165, 1.54) is 38.0 Å². The molecule has 3 heterocycles. The zero-order valence-electron chi connectivity index (χ0n) is 20.0. The van der Waals surface area contributed by atoms with Gasteiger partial charge in [0.2, 0.25) is 5.91 Å². The van der Waals surface area contributed by atoms with Crippen molar-refractivity contribution in [2.75, 3.05) is 25.7 Å². The second-order valence-corrected chi connectivity index (χ2v) is 9.35. The van der Waals surface area contributed by atoms with Gasteiger partial charge in [-0.25, -0.2) is 14.5 Å². The predicted molar refractivity (Wildman–Crippen MR) is 132 cm³/mol. The van der Waals surface area contributed by atoms with E-state index in [4.69, 9.17) is 21.1 Å². The number of aromatic amines is 1. The summed E-state index contributed by atoms with van der Waals surface area (Å²) in [6.07, 6.45) is 0.683. The first kappa shape index (κ1) is 24.0. The first-order chi connectivity index (χ1) is 17.2. The van der Waals surface area contributed by atoms with E-state index in [0.717, 1.165) is 21.5 Å². The second-order valence-electron chi connectivity index (χ2n) is 8.91. The molecule has 186 valence electrons. The van der Waals surface area contributed by atoms with Crippen molar-refractivity contribution in [1.29, 1.82) is 0 Å². The Morgan fingerprint density at radius 3 is 2.33 bits per heavy atom. The molecule has 1 saturated heterocycles. The molecule has 0 bridgehead atoms. The van der Waals surface area contributed by atoms with Crippen LogP contribution in [0.4, 0.5) is 5.69 Å². The highest BCUT2D eigenvalue weighted by Gasteiger charge is 2.46. The third kappa shape index (κ3) is 3.84. The van der Waals surface area contributed by atoms with Gasteiger partial charge in [-0.2, -0.15) is 0 Å². The van der Waals surface area contributed by atoms with Crippen LogP contribution in [0, 0.1) is 0 Å². The number of methoxy groups -OCH3 is 2. The number of anilines is 1. The number of aromatic nitrogens is 1. The molecule has 0 spiro atoms. The van der Waals surface area contributed by atoms with Gasteiger partial charge in [0.05, 0.1) is 43.5 Å². The summed E-state index contributed by atoms with van der Waals surface area (Å²) in [5.74, 6) is -2.22. The minimum absolute atomic E-state index is 0.0133. The van der Waals surface area contributed by atoms with Crippen LogP contribution in [0.3, 0.4) is 0 Å². The van der Waals surface area contributed by atoms with Crippen molar-refractivity contribution in [3.63, 3.8) is 0 Å². The Hall–Kier alpha value is -3.69. The predicted octanol–water partition coefficient (Wildman–Crippen LogP) is 3.65. The van der Waals surface area contributed by atoms with Gasteiger partial charge in [-0.1, -0.05) is 11.6 Å². The van der Waals surface area contributed by atoms with Crippen molar-refractivity contribution in [3.8, 4) is 0 Å². The molecule has 0 saturated carbocycles. The molecule has 2 amide bonds. The summed E-state index contributed by atoms with van der Waals surface area (Å²) in [5.41, 5.74) is 3.33. The topological polar surface area (TPSA) is 109 Å². The molecule has 36 heavy (non-hydrogen) atoms. The first-order valence-electron chi connectivity index (χ1n) is 11.5. The van der Waals surface area contributed by atoms with Crippen LogP contribution in [-0.2, 0) is 25.5 Å². The van der Waals surface area contributed by atoms with Crippen molar-refractivity contribution >= 4 is 51.9 Å². The number of ether oxygens (including phenoxy) is 2. The number of amides is 2. The van der Waals surface area contributed by atoms with Gasteiger partial charge in [-0.15, -0.1) is 0 Å². The normalized spacial score (nSPS) is 20.1. The Labute approximate surface area is 211 Å². The lowest BCUT2D eigenvalue weighted by Gasteiger charge is -2.36. The lowest BCUT2D eigenvalue weighted by Crippen LogP contribution is -2.46. The van der Waals surface area contributed by atoms with Gasteiger partial charge >= 0.3 is 11.9 Å². The van der Waals surface area contributed by atoms with E-state index in [2.05, 4.69) is 4.98 Å². The van der Waals surface area contributed by atoms with Crippen LogP contribution in [0.2, 0.25) is 5.02 Å². The van der Waals surface area contributed by atoms with Gasteiger partial charge in [0, 0.05) is 34.2 Å². The number of fused-ring (bicyclic) bond motifs is 3. The molecule has 3 aromatic rings. The summed E-state index contributed by atoms with van der Waals surface area (Å²) < 4.78 is 9.55. The van der Waals surface area contributed by atoms with E-state index >= 15 is 0 Å². The number of imide groups is 1. The molecule has 0 aliphatic carbocycles. The molecule has 5 rings (SSSR count). The number of nitrogens with one attached hydrogen (secondary N) is 1. The summed E-state index contributed by atoms with van der Waals surface area (Å²) in [6, 6.07) is 8.93. The Bertz CT molecular complexity index is 1400. The molecule has 10 heteroatoms. The number of halogens is 1. The molecule has 2 atom stereocenters. The molecular weight excluding hydrogens is 486 g/mol. The maximum absolute atomic E-state index is 13.6. The van der Waals surface area contributed by atoms with Crippen LogP contribution in [-0.4, -0.2) is 60.4 Å². The number of esters is 2. The molecule has 1 fully saturated rings. The number of carbonyl (C=O) groups excluding carboxylic acids is 4. The highest BCUT2D eigenvalue weighted by atomic mass is 35.5. The number of hydrogen-bond donors (Lipinski definition) is 1. The molecule has 1 N–H and O–H groups in total. The highest BCUT2D eigenvalue weighted by Crippen LogP contribution is 2.39. The fourth-order valence-corrected chi connectivity index (χ4v) is 5.42. The van der Waals surface area contributed by atoms with E-state index in [-0.39, 0.29) is 29.3 Å². The molecule has 2 aromatic carbocycles. The number of carbonyl (C=O) groups is 4. The average Bonchev–Trinajstić information content (AvgIpc) is 3.39. The zero-order valence-corrected chi connectivity index (χ0v) is 20.7. The van der Waals surface area contributed by atoms with Crippen LogP contribution in [0.1, 0.15) is 51.4 Å². The fourth-order valence-electron chi connectivity index (χ4n) is 5.25. The average molecular weight is 510 g/mol. The third-order valence-corrected chi connectivity index (χ3v) is 7.21. The van der Waals surface area contributed by atoms with Crippen molar-refractivity contribution in [2.24, 2.45) is 0 Å². The van der Waals surface area contributed by atoms with E-state index in [1.807, 2.05) is 30.0 Å². The van der Waals surface area contributed by atoms with Gasteiger partial charge in [0.15, 0.2) is 0 Å². The van der Waals surface area contributed by atoms with Gasteiger partial charge in [0.1, 0.15) is 0 Å². The molecule has 0 radical (unpaired) electrons. The summed E-state index contributed by atoms with van der Waals surface area (Å²) in [5, 5.41) is 1.72. The number of hydrogen-bond acceptors (Lipinski definition) is 7. The minimum Gasteiger partial charge on any atom is -0.465 e. The Morgan fingerprint density at radius 1 is 1.03 bits per heavy atom.